The minimum Gasteiger partial charge on any atom is -0.304 e. The van der Waals surface area contributed by atoms with Crippen molar-refractivity contribution in [1.29, 1.82) is 0 Å². The number of nitrogens with one attached hydrogen (secondary N) is 1. The zero-order valence-electron chi connectivity index (χ0n) is 6.02. The molecule has 0 bridgehead atoms. The Labute approximate surface area is 61.6 Å². The van der Waals surface area contributed by atoms with Gasteiger partial charge in [-0.25, -0.2) is 0 Å². The highest BCUT2D eigenvalue weighted by Crippen LogP contribution is 2.13. The molecule has 9 heavy (non-hydrogen) atoms. The Balaban J connectivity index is 1.98. The highest BCUT2D eigenvalue weighted by molar-refractivity contribution is 7.99. The predicted molar refractivity (Wildman–Crippen MR) is 43.8 cm³/mol. The van der Waals surface area contributed by atoms with Crippen molar-refractivity contribution < 1.29 is 0 Å². The van der Waals surface area contributed by atoms with E-state index >= 15 is 0 Å². The van der Waals surface area contributed by atoms with Gasteiger partial charge in [0.15, 0.2) is 0 Å². The predicted octanol–water partition coefficient (Wildman–Crippen LogP) is 1.84. The smallest absolute Gasteiger partial charge is 0.0420 e. The van der Waals surface area contributed by atoms with Crippen LogP contribution in [0.3, 0.4) is 0 Å². The molecule has 0 aliphatic carbocycles. The second kappa shape index (κ2) is 4.18. The fourth-order valence-corrected chi connectivity index (χ4v) is 2.11. The van der Waals surface area contributed by atoms with Crippen LogP contribution in [0.5, 0.6) is 0 Å². The lowest BCUT2D eigenvalue weighted by Crippen LogP contribution is -2.22. The molecule has 0 saturated carbocycles. The van der Waals surface area contributed by atoms with Crippen LogP contribution in [0.2, 0.25) is 0 Å². The molecule has 1 N–H and O–H groups in total. The molecular formula is C7H15NS. The first kappa shape index (κ1) is 7.42. The quantitative estimate of drug-likeness (QED) is 0.650. The van der Waals surface area contributed by atoms with E-state index in [4.69, 9.17) is 0 Å². The van der Waals surface area contributed by atoms with Crippen LogP contribution in [0.15, 0.2) is 0 Å². The van der Waals surface area contributed by atoms with Gasteiger partial charge in [0.05, 0.1) is 0 Å². The van der Waals surface area contributed by atoms with Crippen molar-refractivity contribution in [2.75, 3.05) is 11.6 Å². The van der Waals surface area contributed by atoms with Gasteiger partial charge in [0.1, 0.15) is 0 Å². The monoisotopic (exact) mass is 145 g/mol. The van der Waals surface area contributed by atoms with Crippen LogP contribution in [-0.2, 0) is 0 Å². The van der Waals surface area contributed by atoms with Gasteiger partial charge < -0.3 is 5.32 Å². The zero-order valence-corrected chi connectivity index (χ0v) is 6.84. The van der Waals surface area contributed by atoms with Gasteiger partial charge >= 0.3 is 0 Å². The van der Waals surface area contributed by atoms with E-state index in [1.807, 2.05) is 11.8 Å². The Hall–Kier alpha value is 0.310. The van der Waals surface area contributed by atoms with Gasteiger partial charge in [-0.3, -0.25) is 0 Å². The minimum atomic E-state index is 0.829. The lowest BCUT2D eigenvalue weighted by atomic mass is 10.1. The first-order chi connectivity index (χ1) is 4.43. The summed E-state index contributed by atoms with van der Waals surface area (Å²) in [5, 5.41) is 3.45. The van der Waals surface area contributed by atoms with E-state index in [1.54, 1.807) is 0 Å². The molecule has 0 aromatic heterocycles. The molecule has 2 heteroatoms. The highest BCUT2D eigenvalue weighted by Gasteiger charge is 2.12. The van der Waals surface area contributed by atoms with Crippen LogP contribution in [0.4, 0.5) is 0 Å². The molecule has 1 rings (SSSR count). The second-order valence-electron chi connectivity index (χ2n) is 2.56. The van der Waals surface area contributed by atoms with Crippen molar-refractivity contribution in [1.82, 2.24) is 5.32 Å². The molecule has 1 aliphatic heterocycles. The third-order valence-corrected chi connectivity index (χ3v) is 2.71. The highest BCUT2D eigenvalue weighted by atomic mass is 32.2. The summed E-state index contributed by atoms with van der Waals surface area (Å²) in [7, 11) is 0. The molecule has 1 saturated heterocycles. The van der Waals surface area contributed by atoms with E-state index < -0.39 is 0 Å². The topological polar surface area (TPSA) is 12.0 Å². The van der Waals surface area contributed by atoms with Crippen molar-refractivity contribution in [2.45, 2.75) is 32.2 Å². The number of thioether (sulfide) groups is 1. The summed E-state index contributed by atoms with van der Waals surface area (Å²) in [5.41, 5.74) is 0. The molecule has 54 valence electrons. The summed E-state index contributed by atoms with van der Waals surface area (Å²) in [4.78, 5) is 0. The minimum absolute atomic E-state index is 0.829. The van der Waals surface area contributed by atoms with E-state index in [1.165, 1.54) is 30.9 Å². The SMILES string of the molecule is CCCCC1CSCN1. The van der Waals surface area contributed by atoms with Gasteiger partial charge in [0.2, 0.25) is 0 Å². The summed E-state index contributed by atoms with van der Waals surface area (Å²) in [6.45, 7) is 2.25. The molecule has 1 unspecified atom stereocenters. The molecule has 1 heterocycles. The number of hydrogen-bond donors (Lipinski definition) is 1. The molecule has 1 nitrogen and oxygen atoms in total. The Morgan fingerprint density at radius 3 is 3.11 bits per heavy atom. The van der Waals surface area contributed by atoms with E-state index in [9.17, 15) is 0 Å². The maximum absolute atomic E-state index is 3.45. The third-order valence-electron chi connectivity index (χ3n) is 1.70. The zero-order chi connectivity index (χ0) is 6.53. The van der Waals surface area contributed by atoms with Crippen LogP contribution in [0, 0.1) is 0 Å². The van der Waals surface area contributed by atoms with Gasteiger partial charge in [-0.2, -0.15) is 0 Å². The van der Waals surface area contributed by atoms with E-state index in [-0.39, 0.29) is 0 Å². The molecule has 1 atom stereocenters. The number of hydrogen-bond acceptors (Lipinski definition) is 2. The average molecular weight is 145 g/mol. The number of unbranched alkanes of at least 4 members (excludes halogenated alkanes) is 1. The van der Waals surface area contributed by atoms with Crippen LogP contribution < -0.4 is 5.32 Å². The van der Waals surface area contributed by atoms with Gasteiger partial charge in [-0.05, 0) is 6.42 Å². The second-order valence-corrected chi connectivity index (χ2v) is 3.59. The fraction of sp³-hybridized carbons (Fsp3) is 1.00. The maximum Gasteiger partial charge on any atom is 0.0420 e. The Kier molecular flexibility index (Phi) is 3.44. The summed E-state index contributed by atoms with van der Waals surface area (Å²) < 4.78 is 0. The van der Waals surface area contributed by atoms with E-state index in [0.29, 0.717) is 0 Å². The molecule has 1 aliphatic rings. The first-order valence-electron chi connectivity index (χ1n) is 3.74. The normalized spacial score (nSPS) is 27.0. The molecular weight excluding hydrogens is 130 g/mol. The summed E-state index contributed by atoms with van der Waals surface area (Å²) >= 11 is 2.02. The largest absolute Gasteiger partial charge is 0.304 e. The molecule has 0 amide bonds. The van der Waals surface area contributed by atoms with Crippen LogP contribution in [-0.4, -0.2) is 17.7 Å². The van der Waals surface area contributed by atoms with Gasteiger partial charge in [-0.15, -0.1) is 11.8 Å². The lowest BCUT2D eigenvalue weighted by molar-refractivity contribution is 0.553. The Morgan fingerprint density at radius 1 is 1.67 bits per heavy atom. The first-order valence-corrected chi connectivity index (χ1v) is 4.90. The van der Waals surface area contributed by atoms with Crippen LogP contribution >= 0.6 is 11.8 Å². The van der Waals surface area contributed by atoms with Gasteiger partial charge in [0, 0.05) is 17.7 Å². The van der Waals surface area contributed by atoms with Crippen molar-refractivity contribution in [2.24, 2.45) is 0 Å². The maximum atomic E-state index is 3.45. The van der Waals surface area contributed by atoms with Gasteiger partial charge in [-0.1, -0.05) is 19.8 Å². The van der Waals surface area contributed by atoms with Crippen LogP contribution in [0.1, 0.15) is 26.2 Å². The van der Waals surface area contributed by atoms with Gasteiger partial charge in [0.25, 0.3) is 0 Å². The standard InChI is InChI=1S/C7H15NS/c1-2-3-4-7-5-9-6-8-7/h7-8H,2-6H2,1H3. The lowest BCUT2D eigenvalue weighted by Gasteiger charge is -2.05. The van der Waals surface area contributed by atoms with Crippen molar-refractivity contribution in [3.05, 3.63) is 0 Å². The van der Waals surface area contributed by atoms with Crippen molar-refractivity contribution in [3.63, 3.8) is 0 Å². The van der Waals surface area contributed by atoms with E-state index in [2.05, 4.69) is 12.2 Å². The average Bonchev–Trinajstić information content (AvgIpc) is 2.34. The Bertz CT molecular complexity index is 69.3. The third kappa shape index (κ3) is 2.59. The Morgan fingerprint density at radius 2 is 2.56 bits per heavy atom. The van der Waals surface area contributed by atoms with Crippen molar-refractivity contribution in [3.8, 4) is 0 Å². The van der Waals surface area contributed by atoms with Crippen LogP contribution in [0.25, 0.3) is 0 Å². The van der Waals surface area contributed by atoms with E-state index in [0.717, 1.165) is 6.04 Å². The molecule has 1 fully saturated rings. The molecule has 0 radical (unpaired) electrons. The summed E-state index contributed by atoms with van der Waals surface area (Å²) in [6, 6.07) is 0.829. The summed E-state index contributed by atoms with van der Waals surface area (Å²) in [6.07, 6.45) is 4.10. The summed E-state index contributed by atoms with van der Waals surface area (Å²) in [5.74, 6) is 2.51. The molecule has 0 aromatic rings. The fourth-order valence-electron chi connectivity index (χ4n) is 1.07. The van der Waals surface area contributed by atoms with Crippen molar-refractivity contribution >= 4 is 11.8 Å². The molecule has 0 aromatic carbocycles. The number of rotatable bonds is 3. The molecule has 0 spiro atoms.